The van der Waals surface area contributed by atoms with Gasteiger partial charge in [0.15, 0.2) is 5.78 Å². The van der Waals surface area contributed by atoms with Crippen molar-refractivity contribution in [2.75, 3.05) is 0 Å². The van der Waals surface area contributed by atoms with Crippen LogP contribution in [0.4, 0.5) is 4.39 Å². The number of Topliss-reactive ketones (excluding diaryl/α,β-unsaturated/α-hetero) is 1. The van der Waals surface area contributed by atoms with Crippen molar-refractivity contribution in [2.45, 2.75) is 13.3 Å². The van der Waals surface area contributed by atoms with Crippen LogP contribution >= 0.6 is 0 Å². The fourth-order valence-electron chi connectivity index (χ4n) is 0.999. The minimum absolute atomic E-state index is 0.00144. The van der Waals surface area contributed by atoms with Gasteiger partial charge in [0, 0.05) is 6.42 Å². The molecular formula is C10H8FNO. The van der Waals surface area contributed by atoms with Crippen molar-refractivity contribution in [2.24, 2.45) is 0 Å². The maximum absolute atomic E-state index is 13.0. The van der Waals surface area contributed by atoms with E-state index >= 15 is 0 Å². The second-order valence-electron chi connectivity index (χ2n) is 2.58. The number of hydrogen-bond acceptors (Lipinski definition) is 2. The molecule has 66 valence electrons. The SMILES string of the molecule is CCC(=O)c1cc(C#N)ccc1F. The van der Waals surface area contributed by atoms with Gasteiger partial charge < -0.3 is 0 Å². The molecule has 0 atom stereocenters. The van der Waals surface area contributed by atoms with Crippen molar-refractivity contribution in [1.29, 1.82) is 5.26 Å². The van der Waals surface area contributed by atoms with Gasteiger partial charge in [0.2, 0.25) is 0 Å². The highest BCUT2D eigenvalue weighted by Gasteiger charge is 2.09. The minimum Gasteiger partial charge on any atom is -0.294 e. The van der Waals surface area contributed by atoms with Crippen LogP contribution in [-0.4, -0.2) is 5.78 Å². The summed E-state index contributed by atoms with van der Waals surface area (Å²) in [5, 5.41) is 8.52. The number of nitriles is 1. The molecule has 0 N–H and O–H groups in total. The van der Waals surface area contributed by atoms with Crippen molar-refractivity contribution < 1.29 is 9.18 Å². The molecule has 3 heteroatoms. The summed E-state index contributed by atoms with van der Waals surface area (Å²) in [7, 11) is 0. The van der Waals surface area contributed by atoms with Crippen molar-refractivity contribution in [3.8, 4) is 6.07 Å². The zero-order chi connectivity index (χ0) is 9.84. The molecule has 2 nitrogen and oxygen atoms in total. The Morgan fingerprint density at radius 1 is 1.62 bits per heavy atom. The maximum atomic E-state index is 13.0. The minimum atomic E-state index is -0.564. The molecular weight excluding hydrogens is 169 g/mol. The fourth-order valence-corrected chi connectivity index (χ4v) is 0.999. The third-order valence-electron chi connectivity index (χ3n) is 1.72. The molecule has 0 aliphatic rings. The zero-order valence-corrected chi connectivity index (χ0v) is 7.17. The van der Waals surface area contributed by atoms with Crippen LogP contribution in [0.5, 0.6) is 0 Å². The van der Waals surface area contributed by atoms with Crippen LogP contribution in [0.3, 0.4) is 0 Å². The fraction of sp³-hybridized carbons (Fsp3) is 0.200. The summed E-state index contributed by atoms with van der Waals surface area (Å²) in [6.45, 7) is 1.65. The molecule has 1 aromatic rings. The normalized spacial score (nSPS) is 9.31. The second kappa shape index (κ2) is 3.81. The smallest absolute Gasteiger partial charge is 0.165 e. The first-order valence-corrected chi connectivity index (χ1v) is 3.92. The molecule has 1 rings (SSSR count). The van der Waals surface area contributed by atoms with Crippen LogP contribution in [-0.2, 0) is 0 Å². The average Bonchev–Trinajstić information content (AvgIpc) is 2.17. The van der Waals surface area contributed by atoms with Gasteiger partial charge in [0.25, 0.3) is 0 Å². The number of hydrogen-bond donors (Lipinski definition) is 0. The van der Waals surface area contributed by atoms with E-state index in [9.17, 15) is 9.18 Å². The van der Waals surface area contributed by atoms with Crippen LogP contribution in [0, 0.1) is 17.1 Å². The summed E-state index contributed by atoms with van der Waals surface area (Å²) in [5.41, 5.74) is 0.305. The van der Waals surface area contributed by atoms with Crippen LogP contribution in [0.2, 0.25) is 0 Å². The first-order chi connectivity index (χ1) is 6.19. The lowest BCUT2D eigenvalue weighted by molar-refractivity contribution is 0.0984. The lowest BCUT2D eigenvalue weighted by atomic mass is 10.1. The van der Waals surface area contributed by atoms with E-state index in [1.807, 2.05) is 6.07 Å². The Labute approximate surface area is 75.6 Å². The largest absolute Gasteiger partial charge is 0.294 e. The van der Waals surface area contributed by atoms with E-state index in [-0.39, 0.29) is 17.8 Å². The van der Waals surface area contributed by atoms with Crippen LogP contribution < -0.4 is 0 Å². The van der Waals surface area contributed by atoms with Crippen molar-refractivity contribution >= 4 is 5.78 Å². The number of carbonyl (C=O) groups is 1. The van der Waals surface area contributed by atoms with E-state index in [2.05, 4.69) is 0 Å². The van der Waals surface area contributed by atoms with Gasteiger partial charge in [0.05, 0.1) is 17.2 Å². The summed E-state index contributed by atoms with van der Waals surface area (Å²) in [6.07, 6.45) is 0.242. The highest BCUT2D eigenvalue weighted by atomic mass is 19.1. The Morgan fingerprint density at radius 2 is 2.31 bits per heavy atom. The molecule has 0 bridgehead atoms. The quantitative estimate of drug-likeness (QED) is 0.650. The molecule has 0 spiro atoms. The lowest BCUT2D eigenvalue weighted by Gasteiger charge is -1.99. The Balaban J connectivity index is 3.20. The topological polar surface area (TPSA) is 40.9 Å². The molecule has 13 heavy (non-hydrogen) atoms. The lowest BCUT2D eigenvalue weighted by Crippen LogP contribution is -2.00. The second-order valence-corrected chi connectivity index (χ2v) is 2.58. The van der Waals surface area contributed by atoms with E-state index in [4.69, 9.17) is 5.26 Å². The third-order valence-corrected chi connectivity index (χ3v) is 1.72. The van der Waals surface area contributed by atoms with Crippen molar-refractivity contribution in [1.82, 2.24) is 0 Å². The van der Waals surface area contributed by atoms with Gasteiger partial charge in [-0.25, -0.2) is 4.39 Å². The zero-order valence-electron chi connectivity index (χ0n) is 7.17. The summed E-state index contributed by atoms with van der Waals surface area (Å²) in [4.78, 5) is 11.2. The van der Waals surface area contributed by atoms with Crippen LogP contribution in [0.25, 0.3) is 0 Å². The van der Waals surface area contributed by atoms with E-state index in [1.54, 1.807) is 6.92 Å². The third kappa shape index (κ3) is 1.91. The molecule has 1 aromatic carbocycles. The molecule has 0 radical (unpaired) electrons. The Morgan fingerprint density at radius 3 is 2.85 bits per heavy atom. The van der Waals surface area contributed by atoms with Gasteiger partial charge in [-0.1, -0.05) is 6.92 Å². The Bertz CT molecular complexity index is 379. The van der Waals surface area contributed by atoms with Crippen LogP contribution in [0.15, 0.2) is 18.2 Å². The number of halogens is 1. The predicted molar refractivity (Wildman–Crippen MR) is 45.7 cm³/mol. The average molecular weight is 177 g/mol. The maximum Gasteiger partial charge on any atom is 0.165 e. The number of ketones is 1. The molecule has 0 saturated carbocycles. The Kier molecular flexibility index (Phi) is 2.76. The van der Waals surface area contributed by atoms with Gasteiger partial charge in [-0.3, -0.25) is 4.79 Å². The highest BCUT2D eigenvalue weighted by Crippen LogP contribution is 2.11. The highest BCUT2D eigenvalue weighted by molar-refractivity contribution is 5.96. The van der Waals surface area contributed by atoms with Gasteiger partial charge in [-0.05, 0) is 18.2 Å². The molecule has 0 unspecified atom stereocenters. The number of carbonyl (C=O) groups excluding carboxylic acids is 1. The van der Waals surface area contributed by atoms with Crippen LogP contribution in [0.1, 0.15) is 29.3 Å². The molecule has 0 fully saturated rings. The van der Waals surface area contributed by atoms with Gasteiger partial charge in [-0.15, -0.1) is 0 Å². The van der Waals surface area contributed by atoms with Crippen molar-refractivity contribution in [3.63, 3.8) is 0 Å². The molecule has 0 aromatic heterocycles. The van der Waals surface area contributed by atoms with E-state index in [1.165, 1.54) is 12.1 Å². The summed E-state index contributed by atoms with van der Waals surface area (Å²) in [5.74, 6) is -0.847. The Hall–Kier alpha value is -1.69. The number of benzene rings is 1. The molecule has 0 amide bonds. The van der Waals surface area contributed by atoms with E-state index < -0.39 is 5.82 Å². The van der Waals surface area contributed by atoms with Gasteiger partial charge >= 0.3 is 0 Å². The first kappa shape index (κ1) is 9.40. The van der Waals surface area contributed by atoms with Crippen molar-refractivity contribution in [3.05, 3.63) is 35.1 Å². The monoisotopic (exact) mass is 177 g/mol. The molecule has 0 heterocycles. The van der Waals surface area contributed by atoms with Gasteiger partial charge in [-0.2, -0.15) is 5.26 Å². The summed E-state index contributed by atoms with van der Waals surface area (Å²) < 4.78 is 13.0. The number of rotatable bonds is 2. The van der Waals surface area contributed by atoms with E-state index in [0.29, 0.717) is 5.56 Å². The molecule has 0 aliphatic carbocycles. The summed E-state index contributed by atoms with van der Waals surface area (Å²) in [6, 6.07) is 5.62. The molecule has 0 aliphatic heterocycles. The van der Waals surface area contributed by atoms with Gasteiger partial charge in [0.1, 0.15) is 5.82 Å². The summed E-state index contributed by atoms with van der Waals surface area (Å²) >= 11 is 0. The number of nitrogens with zero attached hydrogens (tertiary/aromatic N) is 1. The predicted octanol–water partition coefficient (Wildman–Crippen LogP) is 2.29. The first-order valence-electron chi connectivity index (χ1n) is 3.92. The molecule has 0 saturated heterocycles. The standard InChI is InChI=1S/C10H8FNO/c1-2-10(13)8-5-7(6-12)3-4-9(8)11/h3-5H,2H2,1H3. The van der Waals surface area contributed by atoms with E-state index in [0.717, 1.165) is 6.07 Å².